The van der Waals surface area contributed by atoms with Crippen molar-refractivity contribution in [3.63, 3.8) is 0 Å². The number of nitrogens with zero attached hydrogens (tertiary/aromatic N) is 1. The Morgan fingerprint density at radius 2 is 1.85 bits per heavy atom. The average Bonchev–Trinajstić information content (AvgIpc) is 3.05. The van der Waals surface area contributed by atoms with Crippen LogP contribution in [0.15, 0.2) is 65.1 Å². The van der Waals surface area contributed by atoms with Crippen molar-refractivity contribution in [1.29, 1.82) is 0 Å². The molecule has 0 unspecified atom stereocenters. The minimum absolute atomic E-state index is 0.170. The van der Waals surface area contributed by atoms with E-state index >= 15 is 0 Å². The van der Waals surface area contributed by atoms with Crippen LogP contribution in [0.4, 0.5) is 5.69 Å². The second-order valence-electron chi connectivity index (χ2n) is 6.09. The zero-order chi connectivity index (χ0) is 19.0. The highest BCUT2D eigenvalue weighted by molar-refractivity contribution is 6.36. The number of carbonyl (C=O) groups is 1. The molecule has 0 atom stereocenters. The quantitative estimate of drug-likeness (QED) is 0.438. The third kappa shape index (κ3) is 3.54. The number of rotatable bonds is 3. The van der Waals surface area contributed by atoms with Crippen LogP contribution in [0.5, 0.6) is 0 Å². The molecule has 0 bridgehead atoms. The molecule has 4 rings (SSSR count). The summed E-state index contributed by atoms with van der Waals surface area (Å²) in [5, 5.41) is 3.90. The van der Waals surface area contributed by atoms with Crippen molar-refractivity contribution < 1.29 is 9.21 Å². The first-order chi connectivity index (χ1) is 13.0. The lowest BCUT2D eigenvalue weighted by Crippen LogP contribution is -2.13. The predicted octanol–water partition coefficient (Wildman–Crippen LogP) is 6.36. The number of hydrogen-bond acceptors (Lipinski definition) is 3. The van der Waals surface area contributed by atoms with Crippen molar-refractivity contribution in [3.8, 4) is 11.5 Å². The summed E-state index contributed by atoms with van der Waals surface area (Å²) >= 11 is 12.2. The fourth-order valence-electron chi connectivity index (χ4n) is 2.81. The monoisotopic (exact) mass is 396 g/mol. The third-order valence-electron chi connectivity index (χ3n) is 4.20. The van der Waals surface area contributed by atoms with Crippen LogP contribution in [0.3, 0.4) is 0 Å². The molecule has 0 aliphatic heterocycles. The number of carbonyl (C=O) groups excluding carboxylic acids is 1. The SMILES string of the molecule is Cc1ccccc1C(=O)Nc1ccc2oc(-c3ccc(Cl)cc3Cl)nc2c1. The summed E-state index contributed by atoms with van der Waals surface area (Å²) in [6, 6.07) is 17.9. The number of nitrogens with one attached hydrogen (secondary N) is 1. The van der Waals surface area contributed by atoms with Gasteiger partial charge in [-0.2, -0.15) is 0 Å². The molecule has 0 spiro atoms. The molecule has 0 fully saturated rings. The fraction of sp³-hybridized carbons (Fsp3) is 0.0476. The molecule has 0 saturated heterocycles. The van der Waals surface area contributed by atoms with Crippen LogP contribution < -0.4 is 5.32 Å². The molecule has 27 heavy (non-hydrogen) atoms. The normalized spacial score (nSPS) is 10.9. The third-order valence-corrected chi connectivity index (χ3v) is 4.74. The molecule has 0 radical (unpaired) electrons. The number of halogens is 2. The number of anilines is 1. The van der Waals surface area contributed by atoms with E-state index in [9.17, 15) is 4.79 Å². The van der Waals surface area contributed by atoms with Gasteiger partial charge in [-0.1, -0.05) is 41.4 Å². The number of oxazole rings is 1. The van der Waals surface area contributed by atoms with E-state index in [4.69, 9.17) is 27.6 Å². The molecule has 3 aromatic carbocycles. The van der Waals surface area contributed by atoms with Gasteiger partial charge < -0.3 is 9.73 Å². The lowest BCUT2D eigenvalue weighted by atomic mass is 10.1. The highest BCUT2D eigenvalue weighted by Gasteiger charge is 2.14. The van der Waals surface area contributed by atoms with Crippen molar-refractivity contribution in [2.24, 2.45) is 0 Å². The van der Waals surface area contributed by atoms with E-state index in [2.05, 4.69) is 10.3 Å². The highest BCUT2D eigenvalue weighted by Crippen LogP contribution is 2.32. The van der Waals surface area contributed by atoms with Crippen LogP contribution in [0.1, 0.15) is 15.9 Å². The maximum Gasteiger partial charge on any atom is 0.255 e. The second kappa shape index (κ2) is 7.06. The van der Waals surface area contributed by atoms with E-state index < -0.39 is 0 Å². The van der Waals surface area contributed by atoms with E-state index in [-0.39, 0.29) is 5.91 Å². The maximum absolute atomic E-state index is 12.5. The van der Waals surface area contributed by atoms with Gasteiger partial charge in [0.05, 0.1) is 10.6 Å². The first-order valence-corrected chi connectivity index (χ1v) is 9.00. The van der Waals surface area contributed by atoms with Gasteiger partial charge in [-0.3, -0.25) is 4.79 Å². The number of benzene rings is 3. The van der Waals surface area contributed by atoms with E-state index in [1.807, 2.05) is 25.1 Å². The molecule has 0 aliphatic rings. The number of aromatic nitrogens is 1. The minimum atomic E-state index is -0.170. The number of amides is 1. The van der Waals surface area contributed by atoms with Crippen LogP contribution in [0.25, 0.3) is 22.6 Å². The summed E-state index contributed by atoms with van der Waals surface area (Å²) in [6.07, 6.45) is 0. The van der Waals surface area contributed by atoms with Crippen LogP contribution in [-0.2, 0) is 0 Å². The van der Waals surface area contributed by atoms with Gasteiger partial charge >= 0.3 is 0 Å². The lowest BCUT2D eigenvalue weighted by molar-refractivity contribution is 0.102. The summed E-state index contributed by atoms with van der Waals surface area (Å²) in [5.74, 6) is 0.228. The van der Waals surface area contributed by atoms with Crippen molar-refractivity contribution >= 4 is 45.9 Å². The van der Waals surface area contributed by atoms with Gasteiger partial charge in [0.2, 0.25) is 5.89 Å². The summed E-state index contributed by atoms with van der Waals surface area (Å²) in [5.41, 5.74) is 4.06. The summed E-state index contributed by atoms with van der Waals surface area (Å²) in [7, 11) is 0. The predicted molar refractivity (Wildman–Crippen MR) is 109 cm³/mol. The van der Waals surface area contributed by atoms with Crippen molar-refractivity contribution in [2.45, 2.75) is 6.92 Å². The van der Waals surface area contributed by atoms with E-state index in [1.54, 1.807) is 42.5 Å². The molecule has 1 N–H and O–H groups in total. The van der Waals surface area contributed by atoms with Crippen LogP contribution in [0.2, 0.25) is 10.0 Å². The molecule has 4 aromatic rings. The summed E-state index contributed by atoms with van der Waals surface area (Å²) in [4.78, 5) is 17.0. The molecule has 134 valence electrons. The lowest BCUT2D eigenvalue weighted by Gasteiger charge is -2.07. The van der Waals surface area contributed by atoms with Gasteiger partial charge in [0.1, 0.15) is 5.52 Å². The molecule has 4 nitrogen and oxygen atoms in total. The average molecular weight is 397 g/mol. The number of aryl methyl sites for hydroxylation is 1. The first-order valence-electron chi connectivity index (χ1n) is 8.24. The van der Waals surface area contributed by atoms with Crippen LogP contribution in [0, 0.1) is 6.92 Å². The number of hydrogen-bond donors (Lipinski definition) is 1. The molecular formula is C21H14Cl2N2O2. The van der Waals surface area contributed by atoms with Gasteiger partial charge in [0.15, 0.2) is 5.58 Å². The molecule has 1 aromatic heterocycles. The molecule has 0 aliphatic carbocycles. The van der Waals surface area contributed by atoms with Crippen molar-refractivity contribution in [3.05, 3.63) is 81.8 Å². The molecule has 1 amide bonds. The van der Waals surface area contributed by atoms with E-state index in [1.165, 1.54) is 0 Å². The summed E-state index contributed by atoms with van der Waals surface area (Å²) in [6.45, 7) is 1.90. The largest absolute Gasteiger partial charge is 0.436 e. The maximum atomic E-state index is 12.5. The Bertz CT molecular complexity index is 1170. The van der Waals surface area contributed by atoms with Crippen LogP contribution >= 0.6 is 23.2 Å². The Balaban J connectivity index is 1.65. The Kier molecular flexibility index (Phi) is 4.60. The second-order valence-corrected chi connectivity index (χ2v) is 6.94. The van der Waals surface area contributed by atoms with Crippen molar-refractivity contribution in [1.82, 2.24) is 4.98 Å². The topological polar surface area (TPSA) is 55.1 Å². The molecule has 0 saturated carbocycles. The van der Waals surface area contributed by atoms with Gasteiger partial charge in [-0.15, -0.1) is 0 Å². The molecule has 1 heterocycles. The first kappa shape index (κ1) is 17.6. The van der Waals surface area contributed by atoms with Gasteiger partial charge in [0.25, 0.3) is 5.91 Å². The van der Waals surface area contributed by atoms with Crippen LogP contribution in [-0.4, -0.2) is 10.9 Å². The minimum Gasteiger partial charge on any atom is -0.436 e. The Hall–Kier alpha value is -2.82. The summed E-state index contributed by atoms with van der Waals surface area (Å²) < 4.78 is 5.79. The van der Waals surface area contributed by atoms with Gasteiger partial charge in [-0.05, 0) is 55.0 Å². The molecular weight excluding hydrogens is 383 g/mol. The van der Waals surface area contributed by atoms with Gasteiger partial charge in [-0.25, -0.2) is 4.98 Å². The van der Waals surface area contributed by atoms with E-state index in [0.717, 1.165) is 5.56 Å². The highest BCUT2D eigenvalue weighted by atomic mass is 35.5. The Morgan fingerprint density at radius 1 is 1.04 bits per heavy atom. The zero-order valence-electron chi connectivity index (χ0n) is 14.3. The molecule has 6 heteroatoms. The van der Waals surface area contributed by atoms with Gasteiger partial charge in [0, 0.05) is 16.3 Å². The Morgan fingerprint density at radius 3 is 2.63 bits per heavy atom. The number of fused-ring (bicyclic) bond motifs is 1. The smallest absolute Gasteiger partial charge is 0.255 e. The fourth-order valence-corrected chi connectivity index (χ4v) is 3.30. The standard InChI is InChI=1S/C21H14Cl2N2O2/c1-12-4-2-3-5-15(12)20(26)24-14-7-9-19-18(11-14)25-21(27-19)16-8-6-13(22)10-17(16)23/h2-11H,1H3,(H,24,26). The Labute approximate surface area is 165 Å². The van der Waals surface area contributed by atoms with E-state index in [0.29, 0.717) is 43.9 Å². The van der Waals surface area contributed by atoms with Crippen molar-refractivity contribution in [2.75, 3.05) is 5.32 Å². The zero-order valence-corrected chi connectivity index (χ0v) is 15.8.